The number of halogens is 2. The molecule has 3 heterocycles. The van der Waals surface area contributed by atoms with Crippen LogP contribution in [0.15, 0.2) is 12.1 Å². The molecule has 27 heavy (non-hydrogen) atoms. The van der Waals surface area contributed by atoms with Gasteiger partial charge in [-0.05, 0) is 50.9 Å². The van der Waals surface area contributed by atoms with E-state index in [1.165, 1.54) is 12.1 Å². The molecule has 2 fully saturated rings. The molecular formula is C19H24ClFN4O2. The number of hydrogen-bond donors (Lipinski definition) is 2. The maximum absolute atomic E-state index is 13.5. The molecule has 2 N–H and O–H groups in total. The number of rotatable bonds is 5. The largest absolute Gasteiger partial charge is 0.376 e. The Balaban J connectivity index is 1.28. The number of hydrogen-bond acceptors (Lipinski definition) is 4. The number of nitrogens with zero attached hydrogens (tertiary/aromatic N) is 2. The van der Waals surface area contributed by atoms with Crippen LogP contribution in [0, 0.1) is 11.7 Å². The summed E-state index contributed by atoms with van der Waals surface area (Å²) in [5.41, 5.74) is 1.06. The predicted octanol–water partition coefficient (Wildman–Crippen LogP) is 2.52. The first-order chi connectivity index (χ1) is 12.9. The topological polar surface area (TPSA) is 70.2 Å². The number of aromatic nitrogens is 2. The number of benzene rings is 1. The van der Waals surface area contributed by atoms with Crippen LogP contribution in [0.4, 0.5) is 4.39 Å². The molecule has 0 saturated carbocycles. The maximum atomic E-state index is 13.5. The van der Waals surface area contributed by atoms with Crippen LogP contribution in [-0.2, 0) is 16.0 Å². The van der Waals surface area contributed by atoms with E-state index in [9.17, 15) is 9.18 Å². The Kier molecular flexibility index (Phi) is 5.09. The summed E-state index contributed by atoms with van der Waals surface area (Å²) in [6.07, 6.45) is 2.82. The Morgan fingerprint density at radius 1 is 1.44 bits per heavy atom. The van der Waals surface area contributed by atoms with Crippen LogP contribution in [0.1, 0.15) is 25.6 Å². The average Bonchev–Trinajstić information content (AvgIpc) is 2.98. The molecule has 0 unspecified atom stereocenters. The van der Waals surface area contributed by atoms with Crippen molar-refractivity contribution in [3.8, 4) is 0 Å². The second-order valence-corrected chi connectivity index (χ2v) is 8.40. The lowest BCUT2D eigenvalue weighted by atomic mass is 9.93. The van der Waals surface area contributed by atoms with E-state index in [0.29, 0.717) is 41.7 Å². The van der Waals surface area contributed by atoms with E-state index in [1.54, 1.807) is 0 Å². The van der Waals surface area contributed by atoms with E-state index in [2.05, 4.69) is 20.2 Å². The van der Waals surface area contributed by atoms with E-state index in [4.69, 9.17) is 16.3 Å². The number of ether oxygens (including phenoxy) is 1. The third kappa shape index (κ3) is 4.25. The van der Waals surface area contributed by atoms with Gasteiger partial charge in [0.15, 0.2) is 0 Å². The van der Waals surface area contributed by atoms with E-state index >= 15 is 0 Å². The van der Waals surface area contributed by atoms with Gasteiger partial charge in [-0.25, -0.2) is 9.37 Å². The SMILES string of the molecule is CC1(NC(=O)CN2CCC(Cc3nc4c(Cl)cc(F)cc4[nH]3)CC2)COC1. The lowest BCUT2D eigenvalue weighted by Crippen LogP contribution is -2.61. The van der Waals surface area contributed by atoms with Gasteiger partial charge < -0.3 is 15.0 Å². The minimum Gasteiger partial charge on any atom is -0.376 e. The molecule has 6 nitrogen and oxygen atoms in total. The molecule has 0 bridgehead atoms. The molecule has 2 aliphatic rings. The molecule has 4 rings (SSSR count). The van der Waals surface area contributed by atoms with Gasteiger partial charge in [0.25, 0.3) is 0 Å². The molecule has 0 radical (unpaired) electrons. The monoisotopic (exact) mass is 394 g/mol. The van der Waals surface area contributed by atoms with Gasteiger partial charge in [0.2, 0.25) is 5.91 Å². The molecule has 0 aliphatic carbocycles. The molecule has 2 saturated heterocycles. The number of imidazole rings is 1. The smallest absolute Gasteiger partial charge is 0.234 e. The summed E-state index contributed by atoms with van der Waals surface area (Å²) >= 11 is 6.07. The third-order valence-electron chi connectivity index (χ3n) is 5.39. The van der Waals surface area contributed by atoms with Gasteiger partial charge in [-0.1, -0.05) is 11.6 Å². The van der Waals surface area contributed by atoms with Crippen molar-refractivity contribution in [1.82, 2.24) is 20.2 Å². The highest BCUT2D eigenvalue weighted by atomic mass is 35.5. The fourth-order valence-electron chi connectivity index (χ4n) is 3.87. The summed E-state index contributed by atoms with van der Waals surface area (Å²) in [6, 6.07) is 2.71. The predicted molar refractivity (Wildman–Crippen MR) is 101 cm³/mol. The molecular weight excluding hydrogens is 371 g/mol. The summed E-state index contributed by atoms with van der Waals surface area (Å²) in [5.74, 6) is 1.03. The van der Waals surface area contributed by atoms with Gasteiger partial charge in [-0.15, -0.1) is 0 Å². The van der Waals surface area contributed by atoms with Crippen molar-refractivity contribution >= 4 is 28.5 Å². The fraction of sp³-hybridized carbons (Fsp3) is 0.579. The van der Waals surface area contributed by atoms with E-state index in [0.717, 1.165) is 38.2 Å². The van der Waals surface area contributed by atoms with Crippen molar-refractivity contribution in [1.29, 1.82) is 0 Å². The van der Waals surface area contributed by atoms with E-state index in [1.807, 2.05) is 6.92 Å². The minimum absolute atomic E-state index is 0.0632. The summed E-state index contributed by atoms with van der Waals surface area (Å²) in [6.45, 7) is 5.40. The zero-order chi connectivity index (χ0) is 19.0. The Labute approximate surface area is 162 Å². The highest BCUT2D eigenvalue weighted by Crippen LogP contribution is 2.26. The second-order valence-electron chi connectivity index (χ2n) is 7.99. The number of fused-ring (bicyclic) bond motifs is 1. The summed E-state index contributed by atoms with van der Waals surface area (Å²) in [4.78, 5) is 22.1. The number of carbonyl (C=O) groups excluding carboxylic acids is 1. The van der Waals surface area contributed by atoms with E-state index < -0.39 is 0 Å². The van der Waals surface area contributed by atoms with Gasteiger partial charge in [0.1, 0.15) is 17.2 Å². The van der Waals surface area contributed by atoms with Crippen LogP contribution < -0.4 is 5.32 Å². The third-order valence-corrected chi connectivity index (χ3v) is 5.68. The summed E-state index contributed by atoms with van der Waals surface area (Å²) in [5, 5.41) is 3.38. The van der Waals surface area contributed by atoms with Crippen LogP contribution in [0.3, 0.4) is 0 Å². The van der Waals surface area contributed by atoms with Gasteiger partial charge in [0, 0.05) is 6.42 Å². The van der Waals surface area contributed by atoms with Crippen LogP contribution in [0.5, 0.6) is 0 Å². The van der Waals surface area contributed by atoms with Crippen molar-refractivity contribution in [2.24, 2.45) is 5.92 Å². The van der Waals surface area contributed by atoms with Crippen molar-refractivity contribution in [2.45, 2.75) is 31.7 Å². The number of aromatic amines is 1. The first kappa shape index (κ1) is 18.7. The maximum Gasteiger partial charge on any atom is 0.234 e. The first-order valence-corrected chi connectivity index (χ1v) is 9.73. The highest BCUT2D eigenvalue weighted by molar-refractivity contribution is 6.34. The summed E-state index contributed by atoms with van der Waals surface area (Å²) < 4.78 is 18.6. The van der Waals surface area contributed by atoms with Crippen molar-refractivity contribution in [2.75, 3.05) is 32.8 Å². The van der Waals surface area contributed by atoms with Gasteiger partial charge in [-0.3, -0.25) is 9.69 Å². The Morgan fingerprint density at radius 3 is 2.85 bits per heavy atom. The zero-order valence-electron chi connectivity index (χ0n) is 15.4. The number of nitrogens with one attached hydrogen (secondary N) is 2. The zero-order valence-corrected chi connectivity index (χ0v) is 16.1. The first-order valence-electron chi connectivity index (χ1n) is 9.35. The average molecular weight is 395 g/mol. The van der Waals surface area contributed by atoms with Gasteiger partial charge in [-0.2, -0.15) is 0 Å². The van der Waals surface area contributed by atoms with Gasteiger partial charge >= 0.3 is 0 Å². The Morgan fingerprint density at radius 2 is 2.19 bits per heavy atom. The number of piperidine rings is 1. The minimum atomic E-state index is -0.364. The molecule has 1 amide bonds. The molecule has 2 aromatic rings. The normalized spacial score (nSPS) is 20.6. The van der Waals surface area contributed by atoms with Crippen molar-refractivity contribution in [3.63, 3.8) is 0 Å². The van der Waals surface area contributed by atoms with Crippen LogP contribution in [-0.4, -0.2) is 59.2 Å². The van der Waals surface area contributed by atoms with Gasteiger partial charge in [0.05, 0.1) is 35.8 Å². The number of amides is 1. The lowest BCUT2D eigenvalue weighted by molar-refractivity contribution is -0.132. The van der Waals surface area contributed by atoms with Crippen LogP contribution >= 0.6 is 11.6 Å². The van der Waals surface area contributed by atoms with Crippen LogP contribution in [0.25, 0.3) is 11.0 Å². The molecule has 1 aromatic heterocycles. The number of likely N-dealkylation sites (tertiary alicyclic amines) is 1. The lowest BCUT2D eigenvalue weighted by Gasteiger charge is -2.39. The van der Waals surface area contributed by atoms with E-state index in [-0.39, 0.29) is 17.3 Å². The van der Waals surface area contributed by atoms with Crippen molar-refractivity contribution in [3.05, 3.63) is 28.8 Å². The molecule has 8 heteroatoms. The highest BCUT2D eigenvalue weighted by Gasteiger charge is 2.35. The Bertz CT molecular complexity index is 844. The van der Waals surface area contributed by atoms with Crippen LogP contribution in [0.2, 0.25) is 5.02 Å². The molecule has 0 atom stereocenters. The fourth-order valence-corrected chi connectivity index (χ4v) is 4.12. The second kappa shape index (κ2) is 7.37. The summed E-state index contributed by atoms with van der Waals surface area (Å²) in [7, 11) is 0. The quantitative estimate of drug-likeness (QED) is 0.817. The Hall–Kier alpha value is -1.70. The number of carbonyl (C=O) groups is 1. The molecule has 2 aliphatic heterocycles. The van der Waals surface area contributed by atoms with Crippen molar-refractivity contribution < 1.29 is 13.9 Å². The molecule has 0 spiro atoms. The number of H-pyrrole nitrogens is 1. The molecule has 1 aromatic carbocycles. The standard InChI is InChI=1S/C19H24ClFN4O2/c1-19(10-27-11-19)24-17(26)9-25-4-2-12(3-5-25)6-16-22-15-8-13(21)7-14(20)18(15)23-16/h7-8,12H,2-6,9-11H2,1H3,(H,22,23)(H,24,26). The molecule has 146 valence electrons.